The van der Waals surface area contributed by atoms with Gasteiger partial charge in [-0.25, -0.2) is 4.39 Å². The van der Waals surface area contributed by atoms with Crippen LogP contribution >= 0.6 is 23.2 Å². The van der Waals surface area contributed by atoms with Gasteiger partial charge < -0.3 is 10.6 Å². The fourth-order valence-electron chi connectivity index (χ4n) is 2.19. The lowest BCUT2D eigenvalue weighted by molar-refractivity contribution is 0.610. The average Bonchev–Trinajstić information content (AvgIpc) is 2.60. The van der Waals surface area contributed by atoms with E-state index in [1.165, 1.54) is 12.3 Å². The molecule has 0 atom stereocenters. The Hall–Kier alpha value is -2.44. The molecule has 3 aromatic rings. The molecule has 1 heterocycles. The van der Waals surface area contributed by atoms with Gasteiger partial charge in [0.05, 0.1) is 21.9 Å². The summed E-state index contributed by atoms with van der Waals surface area (Å²) in [6, 6.07) is 11.8. The van der Waals surface area contributed by atoms with Crippen LogP contribution in [0, 0.1) is 5.82 Å². The van der Waals surface area contributed by atoms with Gasteiger partial charge in [-0.05, 0) is 30.2 Å². The molecule has 0 aliphatic carbocycles. The molecule has 0 saturated carbocycles. The van der Waals surface area contributed by atoms with E-state index in [2.05, 4.69) is 25.8 Å². The maximum absolute atomic E-state index is 13.6. The van der Waals surface area contributed by atoms with Crippen molar-refractivity contribution in [3.8, 4) is 0 Å². The van der Waals surface area contributed by atoms with Crippen molar-refractivity contribution in [1.29, 1.82) is 0 Å². The highest BCUT2D eigenvalue weighted by molar-refractivity contribution is 6.39. The summed E-state index contributed by atoms with van der Waals surface area (Å²) in [5.74, 6) is 0.537. The third-order valence-electron chi connectivity index (χ3n) is 3.41. The van der Waals surface area contributed by atoms with Crippen LogP contribution in [0.5, 0.6) is 0 Å². The van der Waals surface area contributed by atoms with Gasteiger partial charge in [0.1, 0.15) is 5.82 Å². The van der Waals surface area contributed by atoms with Gasteiger partial charge in [-0.3, -0.25) is 0 Å². The van der Waals surface area contributed by atoms with Gasteiger partial charge in [0, 0.05) is 6.54 Å². The number of aromatic nitrogens is 3. The lowest BCUT2D eigenvalue weighted by atomic mass is 10.1. The molecule has 2 aromatic carbocycles. The van der Waals surface area contributed by atoms with Crippen molar-refractivity contribution >= 4 is 40.7 Å². The second-order valence-electron chi connectivity index (χ2n) is 5.16. The number of hydrogen-bond acceptors (Lipinski definition) is 5. The van der Waals surface area contributed by atoms with Crippen LogP contribution in [0.15, 0.2) is 48.7 Å². The number of rotatable bonds is 6. The zero-order valence-corrected chi connectivity index (χ0v) is 14.5. The first kappa shape index (κ1) is 17.4. The van der Waals surface area contributed by atoms with Crippen molar-refractivity contribution in [2.45, 2.75) is 6.42 Å². The Kier molecular flexibility index (Phi) is 5.63. The Morgan fingerprint density at radius 2 is 1.76 bits per heavy atom. The maximum atomic E-state index is 13.6. The number of hydrogen-bond donors (Lipinski definition) is 2. The Morgan fingerprint density at radius 3 is 2.52 bits per heavy atom. The second kappa shape index (κ2) is 8.09. The molecule has 0 aliphatic heterocycles. The zero-order valence-electron chi connectivity index (χ0n) is 13.0. The standard InChI is InChI=1S/C17H14Cl2FN5/c18-12-5-3-6-13(19)16(12)23-15-10-22-25-17(24-15)21-9-8-11-4-1-2-7-14(11)20/h1-7,10H,8-9H2,(H2,21,23,24,25). The highest BCUT2D eigenvalue weighted by atomic mass is 35.5. The lowest BCUT2D eigenvalue weighted by Gasteiger charge is -2.10. The Balaban J connectivity index is 1.65. The van der Waals surface area contributed by atoms with Crippen molar-refractivity contribution in [2.75, 3.05) is 17.2 Å². The molecular weight excluding hydrogens is 364 g/mol. The van der Waals surface area contributed by atoms with Crippen molar-refractivity contribution in [3.63, 3.8) is 0 Å². The van der Waals surface area contributed by atoms with Gasteiger partial charge in [0.15, 0.2) is 5.82 Å². The van der Waals surface area contributed by atoms with E-state index in [0.717, 1.165) is 0 Å². The fraction of sp³-hybridized carbons (Fsp3) is 0.118. The number of benzene rings is 2. The summed E-state index contributed by atoms with van der Waals surface area (Å²) in [5.41, 5.74) is 1.17. The molecule has 0 fully saturated rings. The third-order valence-corrected chi connectivity index (χ3v) is 4.04. The van der Waals surface area contributed by atoms with E-state index >= 15 is 0 Å². The predicted molar refractivity (Wildman–Crippen MR) is 98.2 cm³/mol. The Bertz CT molecular complexity index is 855. The number of anilines is 3. The smallest absolute Gasteiger partial charge is 0.244 e. The minimum Gasteiger partial charge on any atom is -0.353 e. The Morgan fingerprint density at radius 1 is 1.00 bits per heavy atom. The summed E-state index contributed by atoms with van der Waals surface area (Å²) in [4.78, 5) is 4.30. The molecule has 128 valence electrons. The van der Waals surface area contributed by atoms with Crippen molar-refractivity contribution in [3.05, 3.63) is 70.1 Å². The van der Waals surface area contributed by atoms with E-state index < -0.39 is 0 Å². The number of nitrogens with one attached hydrogen (secondary N) is 2. The van der Waals surface area contributed by atoms with Crippen molar-refractivity contribution in [2.24, 2.45) is 0 Å². The molecule has 1 aromatic heterocycles. The van der Waals surface area contributed by atoms with Crippen LogP contribution in [0.4, 0.5) is 21.8 Å². The lowest BCUT2D eigenvalue weighted by Crippen LogP contribution is -2.10. The van der Waals surface area contributed by atoms with Crippen molar-refractivity contribution < 1.29 is 4.39 Å². The second-order valence-corrected chi connectivity index (χ2v) is 5.97. The molecule has 2 N–H and O–H groups in total. The van der Waals surface area contributed by atoms with Crippen LogP contribution in [0.1, 0.15) is 5.56 Å². The maximum Gasteiger partial charge on any atom is 0.244 e. The molecule has 5 nitrogen and oxygen atoms in total. The van der Waals surface area contributed by atoms with E-state index in [1.54, 1.807) is 36.4 Å². The SMILES string of the molecule is Fc1ccccc1CCNc1nncc(Nc2c(Cl)cccc2Cl)n1. The van der Waals surface area contributed by atoms with Crippen LogP contribution in [0.25, 0.3) is 0 Å². The van der Waals surface area contributed by atoms with Gasteiger partial charge in [0.25, 0.3) is 0 Å². The molecule has 3 rings (SSSR count). The molecule has 0 amide bonds. The minimum absolute atomic E-state index is 0.230. The van der Waals surface area contributed by atoms with Gasteiger partial charge in [-0.1, -0.05) is 47.5 Å². The normalized spacial score (nSPS) is 10.5. The fourth-order valence-corrected chi connectivity index (χ4v) is 2.69. The summed E-state index contributed by atoms with van der Waals surface area (Å²) in [5, 5.41) is 14.8. The van der Waals surface area contributed by atoms with E-state index in [1.807, 2.05) is 0 Å². The molecule has 0 radical (unpaired) electrons. The summed E-state index contributed by atoms with van der Waals surface area (Å²) in [6.07, 6.45) is 1.96. The average molecular weight is 378 g/mol. The predicted octanol–water partition coefficient (Wildman–Crippen LogP) is 4.72. The highest BCUT2D eigenvalue weighted by Crippen LogP contribution is 2.31. The quantitative estimate of drug-likeness (QED) is 0.650. The van der Waals surface area contributed by atoms with Gasteiger partial charge in [-0.15, -0.1) is 5.10 Å². The van der Waals surface area contributed by atoms with E-state index in [9.17, 15) is 4.39 Å². The molecule has 0 unspecified atom stereocenters. The van der Waals surface area contributed by atoms with E-state index in [4.69, 9.17) is 23.2 Å². The molecule has 0 aliphatic rings. The molecule has 0 bridgehead atoms. The third kappa shape index (κ3) is 4.55. The number of para-hydroxylation sites is 1. The molecule has 25 heavy (non-hydrogen) atoms. The van der Waals surface area contributed by atoms with E-state index in [-0.39, 0.29) is 5.82 Å². The van der Waals surface area contributed by atoms with Gasteiger partial charge >= 0.3 is 0 Å². The van der Waals surface area contributed by atoms with Crippen molar-refractivity contribution in [1.82, 2.24) is 15.2 Å². The Labute approximate surface area is 154 Å². The van der Waals surface area contributed by atoms with Crippen LogP contribution in [-0.4, -0.2) is 21.7 Å². The van der Waals surface area contributed by atoms with Crippen LogP contribution in [0.2, 0.25) is 10.0 Å². The van der Waals surface area contributed by atoms with Crippen LogP contribution < -0.4 is 10.6 Å². The monoisotopic (exact) mass is 377 g/mol. The number of halogens is 3. The summed E-state index contributed by atoms with van der Waals surface area (Å²) < 4.78 is 13.6. The first-order chi connectivity index (χ1) is 12.1. The summed E-state index contributed by atoms with van der Waals surface area (Å²) in [6.45, 7) is 0.471. The van der Waals surface area contributed by atoms with Crippen LogP contribution in [0.3, 0.4) is 0 Å². The van der Waals surface area contributed by atoms with Gasteiger partial charge in [0.2, 0.25) is 5.95 Å². The minimum atomic E-state index is -0.230. The van der Waals surface area contributed by atoms with Crippen LogP contribution in [-0.2, 0) is 6.42 Å². The zero-order chi connectivity index (χ0) is 17.6. The number of nitrogens with zero attached hydrogens (tertiary/aromatic N) is 3. The topological polar surface area (TPSA) is 62.7 Å². The molecule has 0 spiro atoms. The highest BCUT2D eigenvalue weighted by Gasteiger charge is 2.08. The molecular formula is C17H14Cl2FN5. The molecule has 0 saturated heterocycles. The largest absolute Gasteiger partial charge is 0.353 e. The molecule has 8 heteroatoms. The first-order valence-electron chi connectivity index (χ1n) is 7.51. The first-order valence-corrected chi connectivity index (χ1v) is 8.27. The summed E-state index contributed by atoms with van der Waals surface area (Å²) in [7, 11) is 0. The van der Waals surface area contributed by atoms with E-state index in [0.29, 0.717) is 46.0 Å². The van der Waals surface area contributed by atoms with Gasteiger partial charge in [-0.2, -0.15) is 10.1 Å². The summed E-state index contributed by atoms with van der Waals surface area (Å²) >= 11 is 12.2.